The first kappa shape index (κ1) is 7.53. The van der Waals surface area contributed by atoms with Gasteiger partial charge in [-0.1, -0.05) is 12.1 Å². The van der Waals surface area contributed by atoms with Crippen molar-refractivity contribution in [2.45, 2.75) is 0 Å². The van der Waals surface area contributed by atoms with E-state index in [1.54, 1.807) is 0 Å². The number of carbonyl (C=O) groups is 1. The smallest absolute Gasteiger partial charge is 0.211 e. The zero-order valence-electron chi connectivity index (χ0n) is 5.17. The van der Waals surface area contributed by atoms with Crippen LogP contribution in [0.15, 0.2) is 24.3 Å². The van der Waals surface area contributed by atoms with Crippen LogP contribution in [0.4, 0.5) is 5.69 Å². The molecule has 0 aromatic heterocycles. The standard InChI is InChI=1S/C7H6INO/c8-6-3-1-2-4-7(6)9-5-10/h1-5H,(H,9,10). The Morgan fingerprint density at radius 2 is 2.10 bits per heavy atom. The van der Waals surface area contributed by atoms with Crippen LogP contribution >= 0.6 is 22.6 Å². The molecule has 0 heterocycles. The Morgan fingerprint density at radius 3 is 2.70 bits per heavy atom. The molecule has 3 heteroatoms. The molecule has 2 nitrogen and oxygen atoms in total. The number of benzene rings is 1. The van der Waals surface area contributed by atoms with Gasteiger partial charge in [-0.2, -0.15) is 0 Å². The minimum Gasteiger partial charge on any atom is -0.328 e. The number of carbonyl (C=O) groups excluding carboxylic acids is 1. The van der Waals surface area contributed by atoms with Crippen LogP contribution in [0.3, 0.4) is 0 Å². The van der Waals surface area contributed by atoms with Crippen LogP contribution in [0.5, 0.6) is 0 Å². The van der Waals surface area contributed by atoms with Crippen molar-refractivity contribution in [2.24, 2.45) is 0 Å². The summed E-state index contributed by atoms with van der Waals surface area (Å²) in [5.74, 6) is 0. The number of hydrogen-bond donors (Lipinski definition) is 1. The molecule has 1 aromatic rings. The van der Waals surface area contributed by atoms with E-state index in [1.807, 2.05) is 24.3 Å². The summed E-state index contributed by atoms with van der Waals surface area (Å²) in [6, 6.07) is 7.61. The normalized spacial score (nSPS) is 8.90. The second-order valence-electron chi connectivity index (χ2n) is 1.74. The van der Waals surface area contributed by atoms with Gasteiger partial charge in [0.1, 0.15) is 0 Å². The number of anilines is 1. The topological polar surface area (TPSA) is 29.1 Å². The maximum Gasteiger partial charge on any atom is 0.211 e. The Labute approximate surface area is 72.8 Å². The van der Waals surface area contributed by atoms with E-state index in [4.69, 9.17) is 0 Å². The largest absolute Gasteiger partial charge is 0.328 e. The maximum absolute atomic E-state index is 10.0. The average molecular weight is 247 g/mol. The highest BCUT2D eigenvalue weighted by atomic mass is 127. The van der Waals surface area contributed by atoms with Gasteiger partial charge >= 0.3 is 0 Å². The minimum absolute atomic E-state index is 0.678. The lowest BCUT2D eigenvalue weighted by atomic mass is 10.3. The summed E-state index contributed by atoms with van der Waals surface area (Å²) in [5, 5.41) is 2.59. The van der Waals surface area contributed by atoms with Crippen molar-refractivity contribution in [3.63, 3.8) is 0 Å². The fourth-order valence-electron chi connectivity index (χ4n) is 0.642. The van der Waals surface area contributed by atoms with Gasteiger partial charge in [0.25, 0.3) is 0 Å². The molecule has 0 fully saturated rings. The SMILES string of the molecule is O=CNc1ccccc1I. The van der Waals surface area contributed by atoms with E-state index in [-0.39, 0.29) is 0 Å². The number of hydrogen-bond acceptors (Lipinski definition) is 1. The van der Waals surface area contributed by atoms with Crippen LogP contribution in [-0.4, -0.2) is 6.41 Å². The molecular weight excluding hydrogens is 241 g/mol. The molecule has 0 aliphatic rings. The van der Waals surface area contributed by atoms with Crippen molar-refractivity contribution >= 4 is 34.7 Å². The Balaban J connectivity index is 2.91. The molecule has 1 aromatic carbocycles. The van der Waals surface area contributed by atoms with E-state index in [0.29, 0.717) is 6.41 Å². The number of para-hydroxylation sites is 1. The van der Waals surface area contributed by atoms with E-state index in [0.717, 1.165) is 9.26 Å². The molecule has 0 spiro atoms. The lowest BCUT2D eigenvalue weighted by Gasteiger charge is -1.98. The van der Waals surface area contributed by atoms with Crippen molar-refractivity contribution in [3.05, 3.63) is 27.8 Å². The Bertz CT molecular complexity index is 237. The van der Waals surface area contributed by atoms with Crippen LogP contribution in [0.2, 0.25) is 0 Å². The predicted octanol–water partition coefficient (Wildman–Crippen LogP) is 1.86. The highest BCUT2D eigenvalue weighted by molar-refractivity contribution is 14.1. The lowest BCUT2D eigenvalue weighted by molar-refractivity contribution is -0.105. The number of halogens is 1. The molecule has 1 rings (SSSR count). The fraction of sp³-hybridized carbons (Fsp3) is 0. The van der Waals surface area contributed by atoms with Gasteiger partial charge in [-0.25, -0.2) is 0 Å². The van der Waals surface area contributed by atoms with Gasteiger partial charge in [0.2, 0.25) is 6.41 Å². The van der Waals surface area contributed by atoms with E-state index in [2.05, 4.69) is 27.9 Å². The van der Waals surface area contributed by atoms with Gasteiger partial charge in [-0.3, -0.25) is 4.79 Å². The van der Waals surface area contributed by atoms with Crippen LogP contribution in [0, 0.1) is 3.57 Å². The summed E-state index contributed by atoms with van der Waals surface area (Å²) in [6.07, 6.45) is 0.678. The molecule has 0 bridgehead atoms. The van der Waals surface area contributed by atoms with Crippen molar-refractivity contribution in [1.82, 2.24) is 0 Å². The number of amides is 1. The van der Waals surface area contributed by atoms with Gasteiger partial charge in [0, 0.05) is 3.57 Å². The monoisotopic (exact) mass is 247 g/mol. The Hall–Kier alpha value is -0.580. The third-order valence-corrected chi connectivity index (χ3v) is 2.03. The second-order valence-corrected chi connectivity index (χ2v) is 2.90. The quantitative estimate of drug-likeness (QED) is 0.627. The molecule has 0 unspecified atom stereocenters. The highest BCUT2D eigenvalue weighted by Gasteiger charge is 1.92. The van der Waals surface area contributed by atoms with Crippen molar-refractivity contribution in [2.75, 3.05) is 5.32 Å². The molecular formula is C7H6INO. The third kappa shape index (κ3) is 1.70. The van der Waals surface area contributed by atoms with Crippen LogP contribution in [0.25, 0.3) is 0 Å². The molecule has 0 radical (unpaired) electrons. The van der Waals surface area contributed by atoms with E-state index in [9.17, 15) is 4.79 Å². The molecule has 0 saturated carbocycles. The van der Waals surface area contributed by atoms with Crippen molar-refractivity contribution < 1.29 is 4.79 Å². The molecule has 0 atom stereocenters. The van der Waals surface area contributed by atoms with Gasteiger partial charge in [0.15, 0.2) is 0 Å². The van der Waals surface area contributed by atoms with Crippen LogP contribution in [0.1, 0.15) is 0 Å². The Kier molecular flexibility index (Phi) is 2.68. The first-order valence-corrected chi connectivity index (χ1v) is 3.87. The number of rotatable bonds is 2. The molecule has 1 N–H and O–H groups in total. The average Bonchev–Trinajstić information content (AvgIpc) is 1.94. The lowest BCUT2D eigenvalue weighted by Crippen LogP contribution is -1.94. The first-order chi connectivity index (χ1) is 4.84. The van der Waals surface area contributed by atoms with Crippen molar-refractivity contribution in [1.29, 1.82) is 0 Å². The van der Waals surface area contributed by atoms with Crippen molar-refractivity contribution in [3.8, 4) is 0 Å². The van der Waals surface area contributed by atoms with Gasteiger partial charge in [-0.15, -0.1) is 0 Å². The number of nitrogens with one attached hydrogen (secondary N) is 1. The van der Waals surface area contributed by atoms with Gasteiger partial charge in [0.05, 0.1) is 5.69 Å². The Morgan fingerprint density at radius 1 is 1.40 bits per heavy atom. The van der Waals surface area contributed by atoms with E-state index >= 15 is 0 Å². The van der Waals surface area contributed by atoms with Crippen LogP contribution < -0.4 is 5.32 Å². The highest BCUT2D eigenvalue weighted by Crippen LogP contribution is 2.15. The zero-order valence-corrected chi connectivity index (χ0v) is 7.33. The van der Waals surface area contributed by atoms with E-state index in [1.165, 1.54) is 0 Å². The second kappa shape index (κ2) is 3.55. The summed E-state index contributed by atoms with van der Waals surface area (Å²) in [7, 11) is 0. The summed E-state index contributed by atoms with van der Waals surface area (Å²) < 4.78 is 1.05. The first-order valence-electron chi connectivity index (χ1n) is 2.79. The minimum atomic E-state index is 0.678. The van der Waals surface area contributed by atoms with Gasteiger partial charge < -0.3 is 5.32 Å². The molecule has 1 amide bonds. The fourth-order valence-corrected chi connectivity index (χ4v) is 1.18. The molecule has 0 aliphatic heterocycles. The summed E-state index contributed by atoms with van der Waals surface area (Å²) >= 11 is 2.16. The van der Waals surface area contributed by atoms with Gasteiger partial charge in [-0.05, 0) is 34.7 Å². The summed E-state index contributed by atoms with van der Waals surface area (Å²) in [5.41, 5.74) is 0.859. The summed E-state index contributed by atoms with van der Waals surface area (Å²) in [6.45, 7) is 0. The molecule has 52 valence electrons. The maximum atomic E-state index is 10.0. The molecule has 10 heavy (non-hydrogen) atoms. The molecule has 0 aliphatic carbocycles. The molecule has 0 saturated heterocycles. The summed E-state index contributed by atoms with van der Waals surface area (Å²) in [4.78, 5) is 10.0. The van der Waals surface area contributed by atoms with Crippen LogP contribution in [-0.2, 0) is 4.79 Å². The third-order valence-electron chi connectivity index (χ3n) is 1.09. The van der Waals surface area contributed by atoms with E-state index < -0.39 is 0 Å². The predicted molar refractivity (Wildman–Crippen MR) is 48.8 cm³/mol. The zero-order chi connectivity index (χ0) is 7.40.